The summed E-state index contributed by atoms with van der Waals surface area (Å²) in [7, 11) is 1.80. The molecular formula is C40H52O2. The van der Waals surface area contributed by atoms with Crippen LogP contribution in [0.5, 0.6) is 11.5 Å². The van der Waals surface area contributed by atoms with Crippen LogP contribution in [0.4, 0.5) is 0 Å². The fourth-order valence-electron chi connectivity index (χ4n) is 6.80. The molecule has 0 bridgehead atoms. The molecule has 2 aliphatic rings. The van der Waals surface area contributed by atoms with Gasteiger partial charge in [-0.25, -0.2) is 0 Å². The minimum absolute atomic E-state index is 0.381. The third kappa shape index (κ3) is 8.94. The van der Waals surface area contributed by atoms with Crippen LogP contribution in [0.1, 0.15) is 100 Å². The Hall–Kier alpha value is -3.62. The first kappa shape index (κ1) is 34.6. The van der Waals surface area contributed by atoms with Gasteiger partial charge < -0.3 is 9.84 Å². The lowest BCUT2D eigenvalue weighted by molar-refractivity contribution is 0.0664. The molecule has 0 heterocycles. The predicted molar refractivity (Wildman–Crippen MR) is 183 cm³/mol. The maximum absolute atomic E-state index is 10.8. The van der Waals surface area contributed by atoms with E-state index in [0.717, 1.165) is 66.4 Å². The highest BCUT2D eigenvalue weighted by molar-refractivity contribution is 5.72. The van der Waals surface area contributed by atoms with Crippen molar-refractivity contribution >= 4 is 12.2 Å². The molecule has 2 aromatic carbocycles. The van der Waals surface area contributed by atoms with Gasteiger partial charge in [0, 0.05) is 5.56 Å². The van der Waals surface area contributed by atoms with Gasteiger partial charge >= 0.3 is 0 Å². The summed E-state index contributed by atoms with van der Waals surface area (Å²) < 4.78 is 5.89. The SMILES string of the molecule is C#C.C#C.COc1cc(/C=C/c2cc(C)c(C/C=C(\C)CCC=C(C)C)c(O)c2)cc2c1CC1CCCC(C)(C)C1C2. The average Bonchev–Trinajstić information content (AvgIpc) is 2.96. The maximum atomic E-state index is 10.8. The summed E-state index contributed by atoms with van der Waals surface area (Å²) in [6.07, 6.45) is 34.1. The number of rotatable bonds is 8. The van der Waals surface area contributed by atoms with Gasteiger partial charge in [0.15, 0.2) is 0 Å². The summed E-state index contributed by atoms with van der Waals surface area (Å²) in [4.78, 5) is 0. The number of terminal acetylenes is 2. The molecule has 42 heavy (non-hydrogen) atoms. The van der Waals surface area contributed by atoms with Crippen molar-refractivity contribution in [3.63, 3.8) is 0 Å². The number of hydrogen-bond acceptors (Lipinski definition) is 2. The van der Waals surface area contributed by atoms with Crippen LogP contribution in [0.2, 0.25) is 0 Å². The van der Waals surface area contributed by atoms with Crippen molar-refractivity contribution in [3.8, 4) is 37.2 Å². The quantitative estimate of drug-likeness (QED) is 0.196. The molecule has 1 saturated carbocycles. The Bertz CT molecular complexity index is 1300. The summed E-state index contributed by atoms with van der Waals surface area (Å²) in [6, 6.07) is 8.64. The normalized spacial score (nSPS) is 18.8. The van der Waals surface area contributed by atoms with Crippen molar-refractivity contribution < 1.29 is 9.84 Å². The molecule has 0 radical (unpaired) electrons. The molecule has 2 heteroatoms. The molecule has 2 aliphatic carbocycles. The zero-order valence-corrected chi connectivity index (χ0v) is 27.1. The van der Waals surface area contributed by atoms with Crippen molar-refractivity contribution in [3.05, 3.63) is 80.9 Å². The number of fused-ring (bicyclic) bond motifs is 2. The molecule has 2 aromatic rings. The summed E-state index contributed by atoms with van der Waals surface area (Å²) in [5, 5.41) is 10.8. The molecule has 224 valence electrons. The van der Waals surface area contributed by atoms with Gasteiger partial charge in [-0.15, -0.1) is 25.7 Å². The number of aromatic hydroxyl groups is 1. The van der Waals surface area contributed by atoms with Gasteiger partial charge in [-0.3, -0.25) is 0 Å². The Balaban J connectivity index is 0.00000148. The van der Waals surface area contributed by atoms with E-state index in [1.165, 1.54) is 47.1 Å². The first-order chi connectivity index (χ1) is 20.1. The molecule has 0 spiro atoms. The van der Waals surface area contributed by atoms with Crippen LogP contribution in [0.15, 0.2) is 47.6 Å². The van der Waals surface area contributed by atoms with E-state index in [9.17, 15) is 5.11 Å². The monoisotopic (exact) mass is 564 g/mol. The van der Waals surface area contributed by atoms with Gasteiger partial charge in [0.1, 0.15) is 11.5 Å². The second kappa shape index (κ2) is 16.1. The van der Waals surface area contributed by atoms with Crippen LogP contribution in [0, 0.1) is 49.9 Å². The number of aryl methyl sites for hydroxylation is 1. The number of methoxy groups -OCH3 is 1. The van der Waals surface area contributed by atoms with Crippen LogP contribution in [-0.4, -0.2) is 12.2 Å². The number of ether oxygens (including phenoxy) is 1. The number of allylic oxidation sites excluding steroid dienone is 4. The van der Waals surface area contributed by atoms with Crippen molar-refractivity contribution in [2.24, 2.45) is 17.3 Å². The standard InChI is InChI=1S/C36H48O2.2C2H2/c1-24(2)10-8-11-25(3)13-16-31-26(4)18-27(20-34(31)37)14-15-28-19-30-23-33-29(12-9-17-36(33,5)6)22-32(30)35(21-28)38-7;2*1-2/h10,13-15,18-21,29,33,37H,8-9,11-12,16-17,22-23H2,1-7H3;2*1-2H/b15-14+,25-13+;;. The van der Waals surface area contributed by atoms with Crippen LogP contribution in [0.3, 0.4) is 0 Å². The Kier molecular flexibility index (Phi) is 13.3. The summed E-state index contributed by atoms with van der Waals surface area (Å²) in [5.74, 6) is 2.95. The molecule has 0 aromatic heterocycles. The number of phenols is 1. The average molecular weight is 565 g/mol. The van der Waals surface area contributed by atoms with Crippen molar-refractivity contribution in [1.29, 1.82) is 0 Å². The molecule has 1 N–H and O–H groups in total. The Labute approximate surface area is 257 Å². The zero-order chi connectivity index (χ0) is 31.4. The minimum Gasteiger partial charge on any atom is -0.508 e. The molecular weight excluding hydrogens is 512 g/mol. The number of hydrogen-bond donors (Lipinski definition) is 1. The van der Waals surface area contributed by atoms with E-state index in [4.69, 9.17) is 4.74 Å². The molecule has 1 fully saturated rings. The van der Waals surface area contributed by atoms with Gasteiger partial charge in [-0.05, 0) is 130 Å². The Morgan fingerprint density at radius 1 is 0.976 bits per heavy atom. The van der Waals surface area contributed by atoms with E-state index < -0.39 is 0 Å². The Morgan fingerprint density at radius 2 is 1.64 bits per heavy atom. The van der Waals surface area contributed by atoms with Gasteiger partial charge in [0.2, 0.25) is 0 Å². The second-order valence-electron chi connectivity index (χ2n) is 12.8. The van der Waals surface area contributed by atoms with Crippen LogP contribution in [0.25, 0.3) is 12.2 Å². The molecule has 2 unspecified atom stereocenters. The molecule has 0 aliphatic heterocycles. The second-order valence-corrected chi connectivity index (χ2v) is 12.8. The molecule has 2 nitrogen and oxygen atoms in total. The zero-order valence-electron chi connectivity index (χ0n) is 27.1. The summed E-state index contributed by atoms with van der Waals surface area (Å²) in [5.41, 5.74) is 10.4. The third-order valence-corrected chi connectivity index (χ3v) is 9.10. The topological polar surface area (TPSA) is 29.5 Å². The highest BCUT2D eigenvalue weighted by Crippen LogP contribution is 2.51. The van der Waals surface area contributed by atoms with Crippen molar-refractivity contribution in [1.82, 2.24) is 0 Å². The van der Waals surface area contributed by atoms with Gasteiger partial charge in [-0.1, -0.05) is 67.9 Å². The van der Waals surface area contributed by atoms with Crippen LogP contribution < -0.4 is 4.74 Å². The molecule has 0 saturated heterocycles. The lowest BCUT2D eigenvalue weighted by Gasteiger charge is -2.47. The minimum atomic E-state index is 0.381. The van der Waals surface area contributed by atoms with Gasteiger partial charge in [-0.2, -0.15) is 0 Å². The highest BCUT2D eigenvalue weighted by Gasteiger charge is 2.42. The molecule has 2 atom stereocenters. The van der Waals surface area contributed by atoms with Gasteiger partial charge in [0.25, 0.3) is 0 Å². The van der Waals surface area contributed by atoms with E-state index in [2.05, 4.69) is 110 Å². The third-order valence-electron chi connectivity index (χ3n) is 9.10. The fraction of sp³-hybridized carbons (Fsp3) is 0.450. The first-order valence-corrected chi connectivity index (χ1v) is 15.2. The lowest BCUT2D eigenvalue weighted by atomic mass is 9.58. The van der Waals surface area contributed by atoms with E-state index in [-0.39, 0.29) is 0 Å². The predicted octanol–water partition coefficient (Wildman–Crippen LogP) is 10.2. The largest absolute Gasteiger partial charge is 0.508 e. The van der Waals surface area contributed by atoms with E-state index >= 15 is 0 Å². The molecule has 0 amide bonds. The van der Waals surface area contributed by atoms with E-state index in [1.54, 1.807) is 7.11 Å². The summed E-state index contributed by atoms with van der Waals surface area (Å²) >= 11 is 0. The molecule has 4 rings (SSSR count). The van der Waals surface area contributed by atoms with Crippen LogP contribution in [-0.2, 0) is 19.3 Å². The van der Waals surface area contributed by atoms with Crippen LogP contribution >= 0.6 is 0 Å². The Morgan fingerprint density at radius 3 is 2.26 bits per heavy atom. The van der Waals surface area contributed by atoms with Crippen molar-refractivity contribution in [2.75, 3.05) is 7.11 Å². The van der Waals surface area contributed by atoms with Crippen molar-refractivity contribution in [2.45, 2.75) is 92.9 Å². The first-order valence-electron chi connectivity index (χ1n) is 15.2. The number of phenolic OH excluding ortho intramolecular Hbond substituents is 1. The lowest BCUT2D eigenvalue weighted by Crippen LogP contribution is -2.40. The van der Waals surface area contributed by atoms with E-state index in [1.807, 2.05) is 6.07 Å². The highest BCUT2D eigenvalue weighted by atomic mass is 16.5. The van der Waals surface area contributed by atoms with E-state index in [0.29, 0.717) is 11.2 Å². The fourth-order valence-corrected chi connectivity index (χ4v) is 6.80. The summed E-state index contributed by atoms with van der Waals surface area (Å²) in [6.45, 7) is 13.5. The van der Waals surface area contributed by atoms with Gasteiger partial charge in [0.05, 0.1) is 7.11 Å². The smallest absolute Gasteiger partial charge is 0.122 e. The number of benzene rings is 2. The maximum Gasteiger partial charge on any atom is 0.122 e.